The molecule has 3 aromatic heterocycles. The zero-order valence-electron chi connectivity index (χ0n) is 26.9. The van der Waals surface area contributed by atoms with Crippen LogP contribution in [0.15, 0.2) is 170 Å². The predicted molar refractivity (Wildman–Crippen MR) is 209 cm³/mol. The summed E-state index contributed by atoms with van der Waals surface area (Å²) in [5.74, 6) is 1.92. The second-order valence-corrected chi connectivity index (χ2v) is 13.5. The van der Waals surface area contributed by atoms with Crippen molar-refractivity contribution >= 4 is 53.3 Å². The van der Waals surface area contributed by atoms with Gasteiger partial charge in [-0.1, -0.05) is 133 Å². The minimum Gasteiger partial charge on any atom is -0.309 e. The molecule has 0 spiro atoms. The fourth-order valence-electron chi connectivity index (χ4n) is 7.12. The highest BCUT2D eigenvalue weighted by molar-refractivity contribution is 7.26. The van der Waals surface area contributed by atoms with Gasteiger partial charge in [0.15, 0.2) is 17.5 Å². The van der Waals surface area contributed by atoms with Crippen LogP contribution in [0.25, 0.3) is 93.0 Å². The smallest absolute Gasteiger partial charge is 0.164 e. The van der Waals surface area contributed by atoms with Crippen LogP contribution in [0.3, 0.4) is 0 Å². The first-order valence-electron chi connectivity index (χ1n) is 16.7. The average Bonchev–Trinajstić information content (AvgIpc) is 3.74. The molecule has 0 saturated heterocycles. The van der Waals surface area contributed by atoms with Crippen molar-refractivity contribution in [1.29, 1.82) is 0 Å². The van der Waals surface area contributed by atoms with Gasteiger partial charge in [0, 0.05) is 53.3 Å². The number of nitrogens with zero attached hydrogens (tertiary/aromatic N) is 4. The van der Waals surface area contributed by atoms with E-state index in [9.17, 15) is 0 Å². The van der Waals surface area contributed by atoms with Crippen LogP contribution in [0.5, 0.6) is 0 Å². The fourth-order valence-corrected chi connectivity index (χ4v) is 8.38. The molecule has 10 rings (SSSR count). The lowest BCUT2D eigenvalue weighted by atomic mass is 10.0. The summed E-state index contributed by atoms with van der Waals surface area (Å²) in [5, 5.41) is 5.12. The first-order valence-corrected chi connectivity index (χ1v) is 17.5. The summed E-state index contributed by atoms with van der Waals surface area (Å²) in [6.07, 6.45) is 0. The van der Waals surface area contributed by atoms with Crippen molar-refractivity contribution in [3.05, 3.63) is 170 Å². The number of fused-ring (bicyclic) bond motifs is 7. The largest absolute Gasteiger partial charge is 0.309 e. The molecule has 7 aromatic carbocycles. The van der Waals surface area contributed by atoms with E-state index in [0.29, 0.717) is 17.5 Å². The molecule has 10 aromatic rings. The molecule has 0 N–H and O–H groups in total. The van der Waals surface area contributed by atoms with E-state index in [1.165, 1.54) is 36.5 Å². The third-order valence-electron chi connectivity index (χ3n) is 9.42. The molecule has 4 nitrogen and oxygen atoms in total. The quantitative estimate of drug-likeness (QED) is 0.185. The van der Waals surface area contributed by atoms with Gasteiger partial charge >= 0.3 is 0 Å². The monoisotopic (exact) mass is 656 g/mol. The predicted octanol–water partition coefficient (Wildman–Crippen LogP) is 12.0. The van der Waals surface area contributed by atoms with Crippen LogP contribution in [-0.2, 0) is 0 Å². The number of hydrogen-bond acceptors (Lipinski definition) is 4. The zero-order chi connectivity index (χ0) is 33.0. The Morgan fingerprint density at radius 2 is 0.920 bits per heavy atom. The summed E-state index contributed by atoms with van der Waals surface area (Å²) < 4.78 is 5.02. The van der Waals surface area contributed by atoms with Crippen molar-refractivity contribution in [3.63, 3.8) is 0 Å². The van der Waals surface area contributed by atoms with Gasteiger partial charge in [-0.15, -0.1) is 11.3 Å². The van der Waals surface area contributed by atoms with Crippen molar-refractivity contribution in [2.75, 3.05) is 0 Å². The van der Waals surface area contributed by atoms with Crippen LogP contribution in [0.4, 0.5) is 0 Å². The normalized spacial score (nSPS) is 11.6. The van der Waals surface area contributed by atoms with Crippen molar-refractivity contribution < 1.29 is 0 Å². The topological polar surface area (TPSA) is 43.6 Å². The van der Waals surface area contributed by atoms with Crippen molar-refractivity contribution in [2.24, 2.45) is 0 Å². The van der Waals surface area contributed by atoms with Gasteiger partial charge in [0.1, 0.15) is 0 Å². The Labute approximate surface area is 292 Å². The van der Waals surface area contributed by atoms with Crippen LogP contribution in [-0.4, -0.2) is 19.5 Å². The first-order chi connectivity index (χ1) is 24.8. The summed E-state index contributed by atoms with van der Waals surface area (Å²) in [6, 6.07) is 59.6. The van der Waals surface area contributed by atoms with Gasteiger partial charge in [0.25, 0.3) is 0 Å². The Bertz CT molecular complexity index is 2800. The summed E-state index contributed by atoms with van der Waals surface area (Å²) in [4.78, 5) is 15.2. The minimum atomic E-state index is 0.629. The van der Waals surface area contributed by atoms with E-state index < -0.39 is 0 Å². The van der Waals surface area contributed by atoms with E-state index in [2.05, 4.69) is 114 Å². The van der Waals surface area contributed by atoms with E-state index in [1.54, 1.807) is 0 Å². The maximum atomic E-state index is 5.12. The van der Waals surface area contributed by atoms with Crippen LogP contribution in [0, 0.1) is 0 Å². The molecule has 0 bridgehead atoms. The molecule has 234 valence electrons. The lowest BCUT2D eigenvalue weighted by Gasteiger charge is -2.14. The molecule has 0 unspecified atom stereocenters. The number of aromatic nitrogens is 4. The lowest BCUT2D eigenvalue weighted by Crippen LogP contribution is -2.01. The molecule has 0 fully saturated rings. The minimum absolute atomic E-state index is 0.629. The molecule has 5 heteroatoms. The summed E-state index contributed by atoms with van der Waals surface area (Å²) in [6.45, 7) is 0. The third kappa shape index (κ3) is 4.71. The van der Waals surface area contributed by atoms with Gasteiger partial charge < -0.3 is 4.57 Å². The van der Waals surface area contributed by atoms with E-state index in [1.807, 2.05) is 72.0 Å². The highest BCUT2D eigenvalue weighted by Crippen LogP contribution is 2.44. The number of benzene rings is 7. The van der Waals surface area contributed by atoms with Crippen molar-refractivity contribution in [3.8, 4) is 51.0 Å². The van der Waals surface area contributed by atoms with E-state index >= 15 is 0 Å². The molecule has 0 amide bonds. The Balaban J connectivity index is 1.27. The molecule has 3 heterocycles. The highest BCUT2D eigenvalue weighted by atomic mass is 32.1. The lowest BCUT2D eigenvalue weighted by molar-refractivity contribution is 1.07. The molecular weight excluding hydrogens is 629 g/mol. The van der Waals surface area contributed by atoms with Gasteiger partial charge in [0.05, 0.1) is 11.0 Å². The van der Waals surface area contributed by atoms with E-state index in [4.69, 9.17) is 15.0 Å². The fraction of sp³-hybridized carbons (Fsp3) is 0. The van der Waals surface area contributed by atoms with Gasteiger partial charge in [-0.25, -0.2) is 15.0 Å². The van der Waals surface area contributed by atoms with Gasteiger partial charge in [-0.05, 0) is 47.5 Å². The SMILES string of the molecule is c1ccc(-c2cc(-c3nc(-c4ccccc4)nc(-c4ccccc4)n3)cc(-n3c4ccccc4c4c5sc6ccccc6c5ccc43)c2)cc1. The van der Waals surface area contributed by atoms with E-state index in [0.717, 1.165) is 39.0 Å². The third-order valence-corrected chi connectivity index (χ3v) is 10.6. The Hall–Kier alpha value is -6.43. The Morgan fingerprint density at radius 3 is 1.60 bits per heavy atom. The van der Waals surface area contributed by atoms with Crippen LogP contribution in [0.2, 0.25) is 0 Å². The van der Waals surface area contributed by atoms with Crippen LogP contribution in [0.1, 0.15) is 0 Å². The molecule has 0 aliphatic rings. The molecule has 0 atom stereocenters. The summed E-state index contributed by atoms with van der Waals surface area (Å²) in [7, 11) is 0. The Morgan fingerprint density at radius 1 is 0.380 bits per heavy atom. The Kier molecular flexibility index (Phi) is 6.64. The zero-order valence-corrected chi connectivity index (χ0v) is 27.7. The van der Waals surface area contributed by atoms with Gasteiger partial charge in [0.2, 0.25) is 0 Å². The van der Waals surface area contributed by atoms with Crippen molar-refractivity contribution in [1.82, 2.24) is 19.5 Å². The summed E-state index contributed by atoms with van der Waals surface area (Å²) >= 11 is 1.87. The molecule has 0 radical (unpaired) electrons. The molecule has 0 aliphatic carbocycles. The number of thiophene rings is 1. The van der Waals surface area contributed by atoms with Crippen molar-refractivity contribution in [2.45, 2.75) is 0 Å². The van der Waals surface area contributed by atoms with Crippen LogP contribution < -0.4 is 0 Å². The second-order valence-electron chi connectivity index (χ2n) is 12.5. The summed E-state index contributed by atoms with van der Waals surface area (Å²) in [5.41, 5.74) is 8.42. The molecular formula is C45H28N4S. The number of para-hydroxylation sites is 1. The maximum absolute atomic E-state index is 5.12. The van der Waals surface area contributed by atoms with Gasteiger partial charge in [-0.3, -0.25) is 0 Å². The van der Waals surface area contributed by atoms with Crippen LogP contribution >= 0.6 is 11.3 Å². The number of hydrogen-bond donors (Lipinski definition) is 0. The maximum Gasteiger partial charge on any atom is 0.164 e. The molecule has 0 aliphatic heterocycles. The molecule has 0 saturated carbocycles. The first kappa shape index (κ1) is 28.6. The standard InChI is InChI=1S/C45H28N4S/c1-4-14-29(15-5-1)32-26-33(45-47-43(30-16-6-2-7-17-30)46-44(48-45)31-18-8-3-9-19-31)28-34(27-32)49-38-22-12-10-21-37(38)41-39(49)25-24-36-35-20-11-13-23-40(35)50-42(36)41/h1-28H. The number of rotatable bonds is 5. The molecule has 50 heavy (non-hydrogen) atoms. The highest BCUT2D eigenvalue weighted by Gasteiger charge is 2.20. The van der Waals surface area contributed by atoms with Gasteiger partial charge in [-0.2, -0.15) is 0 Å². The second kappa shape index (κ2) is 11.6. The van der Waals surface area contributed by atoms with E-state index in [-0.39, 0.29) is 0 Å². The average molecular weight is 657 g/mol.